The Balaban J connectivity index is 2.16. The summed E-state index contributed by atoms with van der Waals surface area (Å²) in [5, 5.41) is 12.8. The Kier molecular flexibility index (Phi) is 4.66. The van der Waals surface area contributed by atoms with Crippen LogP contribution in [0.3, 0.4) is 0 Å². The van der Waals surface area contributed by atoms with Gasteiger partial charge in [0.15, 0.2) is 0 Å². The minimum Gasteiger partial charge on any atom is -0.369 e. The third kappa shape index (κ3) is 2.82. The summed E-state index contributed by atoms with van der Waals surface area (Å²) in [6.07, 6.45) is 4.82. The van der Waals surface area contributed by atoms with Crippen molar-refractivity contribution in [1.82, 2.24) is 15.0 Å². The van der Waals surface area contributed by atoms with Crippen LogP contribution < -0.4 is 5.32 Å². The van der Waals surface area contributed by atoms with Crippen molar-refractivity contribution in [3.05, 3.63) is 46.7 Å². The number of aryl methyl sites for hydroxylation is 1. The maximum atomic E-state index is 15.4. The van der Waals surface area contributed by atoms with Gasteiger partial charge < -0.3 is 5.32 Å². The highest BCUT2D eigenvalue weighted by Crippen LogP contribution is 2.44. The van der Waals surface area contributed by atoms with Crippen molar-refractivity contribution in [3.63, 3.8) is 0 Å². The van der Waals surface area contributed by atoms with Gasteiger partial charge in [-0.1, -0.05) is 20.3 Å². The van der Waals surface area contributed by atoms with Crippen LogP contribution in [-0.2, 0) is 11.1 Å². The summed E-state index contributed by atoms with van der Waals surface area (Å²) in [7, 11) is 0. The molecule has 2 unspecified atom stereocenters. The van der Waals surface area contributed by atoms with Crippen LogP contribution in [0.25, 0.3) is 0 Å². The Labute approximate surface area is 153 Å². The molecule has 5 nitrogen and oxygen atoms in total. The predicted octanol–water partition coefficient (Wildman–Crippen LogP) is 4.16. The largest absolute Gasteiger partial charge is 0.369 e. The SMILES string of the molecule is CCCC(F)(CC)c1cnc2c(c1)C(C)(c1nc(C)ncc1C#N)CN2. The molecule has 3 rings (SSSR count). The number of halogens is 1. The van der Waals surface area contributed by atoms with Crippen molar-refractivity contribution in [1.29, 1.82) is 5.26 Å². The molecule has 2 aromatic rings. The summed E-state index contributed by atoms with van der Waals surface area (Å²) < 4.78 is 15.4. The van der Waals surface area contributed by atoms with Crippen molar-refractivity contribution in [2.24, 2.45) is 0 Å². The molecule has 0 saturated heterocycles. The zero-order valence-corrected chi connectivity index (χ0v) is 15.7. The highest BCUT2D eigenvalue weighted by atomic mass is 19.1. The summed E-state index contributed by atoms with van der Waals surface area (Å²) >= 11 is 0. The Morgan fingerprint density at radius 3 is 2.77 bits per heavy atom. The van der Waals surface area contributed by atoms with Crippen LogP contribution >= 0.6 is 0 Å². The maximum Gasteiger partial charge on any atom is 0.137 e. The molecule has 26 heavy (non-hydrogen) atoms. The number of aromatic nitrogens is 3. The molecule has 0 saturated carbocycles. The van der Waals surface area contributed by atoms with Gasteiger partial charge in [-0.3, -0.25) is 0 Å². The number of rotatable bonds is 5. The molecule has 0 spiro atoms. The first-order valence-corrected chi connectivity index (χ1v) is 9.06. The van der Waals surface area contributed by atoms with Crippen LogP contribution in [0, 0.1) is 18.3 Å². The molecule has 0 bridgehead atoms. The minimum atomic E-state index is -1.39. The Bertz CT molecular complexity index is 875. The van der Waals surface area contributed by atoms with Gasteiger partial charge in [0.2, 0.25) is 0 Å². The summed E-state index contributed by atoms with van der Waals surface area (Å²) in [5.41, 5.74) is 0.636. The second-order valence-electron chi connectivity index (χ2n) is 7.17. The fraction of sp³-hybridized carbons (Fsp3) is 0.500. The van der Waals surface area contributed by atoms with E-state index in [9.17, 15) is 5.26 Å². The molecule has 136 valence electrons. The average Bonchev–Trinajstić information content (AvgIpc) is 2.99. The summed E-state index contributed by atoms with van der Waals surface area (Å²) in [6, 6.07) is 4.09. The van der Waals surface area contributed by atoms with E-state index in [2.05, 4.69) is 26.3 Å². The molecular weight excluding hydrogens is 329 g/mol. The van der Waals surface area contributed by atoms with Crippen molar-refractivity contribution in [2.75, 3.05) is 11.9 Å². The lowest BCUT2D eigenvalue weighted by Crippen LogP contribution is -2.29. The van der Waals surface area contributed by atoms with Crippen LogP contribution in [0.1, 0.15) is 68.2 Å². The molecule has 0 fully saturated rings. The molecule has 2 aromatic heterocycles. The molecule has 2 atom stereocenters. The second-order valence-corrected chi connectivity index (χ2v) is 7.17. The van der Waals surface area contributed by atoms with Gasteiger partial charge in [-0.25, -0.2) is 19.3 Å². The zero-order valence-electron chi connectivity index (χ0n) is 15.7. The molecule has 0 aliphatic carbocycles. The molecule has 0 radical (unpaired) electrons. The van der Waals surface area contributed by atoms with Gasteiger partial charge in [-0.05, 0) is 32.8 Å². The predicted molar refractivity (Wildman–Crippen MR) is 98.6 cm³/mol. The zero-order chi connectivity index (χ0) is 18.9. The molecule has 0 amide bonds. The summed E-state index contributed by atoms with van der Waals surface area (Å²) in [6.45, 7) is 8.23. The summed E-state index contributed by atoms with van der Waals surface area (Å²) in [4.78, 5) is 13.2. The first-order chi connectivity index (χ1) is 12.4. The highest BCUT2D eigenvalue weighted by molar-refractivity contribution is 5.61. The molecule has 1 N–H and O–H groups in total. The number of anilines is 1. The minimum absolute atomic E-state index is 0.404. The van der Waals surface area contributed by atoms with E-state index in [-0.39, 0.29) is 0 Å². The number of pyridine rings is 1. The first kappa shape index (κ1) is 18.2. The maximum absolute atomic E-state index is 15.4. The number of nitrogens with one attached hydrogen (secondary N) is 1. The number of fused-ring (bicyclic) bond motifs is 1. The third-order valence-corrected chi connectivity index (χ3v) is 5.37. The molecule has 1 aliphatic heterocycles. The van der Waals surface area contributed by atoms with E-state index in [0.29, 0.717) is 42.0 Å². The molecule has 0 aromatic carbocycles. The van der Waals surface area contributed by atoms with Gasteiger partial charge in [-0.15, -0.1) is 0 Å². The van der Waals surface area contributed by atoms with Crippen molar-refractivity contribution in [3.8, 4) is 6.07 Å². The molecule has 3 heterocycles. The number of nitrogens with zero attached hydrogens (tertiary/aromatic N) is 4. The lowest BCUT2D eigenvalue weighted by atomic mass is 9.78. The van der Waals surface area contributed by atoms with Gasteiger partial charge >= 0.3 is 0 Å². The van der Waals surface area contributed by atoms with Crippen LogP contribution in [0.15, 0.2) is 18.5 Å². The average molecular weight is 353 g/mol. The van der Waals surface area contributed by atoms with E-state index in [4.69, 9.17) is 0 Å². The molecular formula is C20H24FN5. The quantitative estimate of drug-likeness (QED) is 0.874. The van der Waals surface area contributed by atoms with E-state index in [0.717, 1.165) is 17.8 Å². The fourth-order valence-electron chi connectivity index (χ4n) is 3.73. The number of hydrogen-bond acceptors (Lipinski definition) is 5. The van der Waals surface area contributed by atoms with E-state index < -0.39 is 11.1 Å². The molecule has 6 heteroatoms. The van der Waals surface area contributed by atoms with Crippen LogP contribution in [-0.4, -0.2) is 21.5 Å². The van der Waals surface area contributed by atoms with E-state index in [1.54, 1.807) is 19.3 Å². The van der Waals surface area contributed by atoms with Gasteiger partial charge in [0.1, 0.15) is 23.4 Å². The Morgan fingerprint density at radius 1 is 1.35 bits per heavy atom. The standard InChI is InChI=1S/C20H24FN5/c1-5-7-20(21,6-2)15-8-16-18(24-11-15)25-12-19(16,4)17-14(9-22)10-23-13(3)26-17/h8,10-11H,5-7,12H2,1-4H3,(H,24,25). The van der Waals surface area contributed by atoms with E-state index in [1.807, 2.05) is 26.8 Å². The fourth-order valence-corrected chi connectivity index (χ4v) is 3.73. The van der Waals surface area contributed by atoms with E-state index in [1.165, 1.54) is 0 Å². The van der Waals surface area contributed by atoms with Gasteiger partial charge in [-0.2, -0.15) is 5.26 Å². The Morgan fingerprint density at radius 2 is 2.12 bits per heavy atom. The van der Waals surface area contributed by atoms with Crippen molar-refractivity contribution in [2.45, 2.75) is 58.0 Å². The van der Waals surface area contributed by atoms with Gasteiger partial charge in [0.25, 0.3) is 0 Å². The Hall–Kier alpha value is -2.55. The lowest BCUT2D eigenvalue weighted by molar-refractivity contribution is 0.142. The second kappa shape index (κ2) is 6.64. The van der Waals surface area contributed by atoms with Crippen LogP contribution in [0.5, 0.6) is 0 Å². The normalized spacial score (nSPS) is 20.8. The number of alkyl halides is 1. The monoisotopic (exact) mass is 353 g/mol. The topological polar surface area (TPSA) is 74.5 Å². The highest BCUT2D eigenvalue weighted by Gasteiger charge is 2.42. The van der Waals surface area contributed by atoms with E-state index >= 15 is 4.39 Å². The van der Waals surface area contributed by atoms with Gasteiger partial charge in [0, 0.05) is 30.1 Å². The van der Waals surface area contributed by atoms with Crippen LogP contribution in [0.2, 0.25) is 0 Å². The number of hydrogen-bond donors (Lipinski definition) is 1. The summed E-state index contributed by atoms with van der Waals surface area (Å²) in [5.74, 6) is 1.34. The third-order valence-electron chi connectivity index (χ3n) is 5.37. The lowest BCUT2D eigenvalue weighted by Gasteiger charge is -2.27. The van der Waals surface area contributed by atoms with Crippen molar-refractivity contribution < 1.29 is 4.39 Å². The smallest absolute Gasteiger partial charge is 0.137 e. The first-order valence-electron chi connectivity index (χ1n) is 9.06. The van der Waals surface area contributed by atoms with Gasteiger partial charge in [0.05, 0.1) is 16.7 Å². The molecule has 1 aliphatic rings. The van der Waals surface area contributed by atoms with Crippen LogP contribution in [0.4, 0.5) is 10.2 Å². The van der Waals surface area contributed by atoms with Crippen molar-refractivity contribution >= 4 is 5.82 Å². The number of nitriles is 1.